The van der Waals surface area contributed by atoms with E-state index in [2.05, 4.69) is 21.2 Å². The average Bonchev–Trinajstić information content (AvgIpc) is 2.66. The molecule has 0 saturated carbocycles. The lowest BCUT2D eigenvalue weighted by atomic mass is 10.1. The zero-order chi connectivity index (χ0) is 19.6. The quantitative estimate of drug-likeness (QED) is 0.594. The van der Waals surface area contributed by atoms with Crippen LogP contribution in [0.1, 0.15) is 5.56 Å². The molecule has 1 heterocycles. The van der Waals surface area contributed by atoms with Gasteiger partial charge >= 0.3 is 6.03 Å². The van der Waals surface area contributed by atoms with Crippen LogP contribution in [0.4, 0.5) is 10.5 Å². The second-order valence-electron chi connectivity index (χ2n) is 5.54. The summed E-state index contributed by atoms with van der Waals surface area (Å²) in [5, 5.41) is 2.18. The Morgan fingerprint density at radius 3 is 2.33 bits per heavy atom. The lowest BCUT2D eigenvalue weighted by Crippen LogP contribution is -2.54. The highest BCUT2D eigenvalue weighted by molar-refractivity contribution is 9.10. The molecule has 138 valence electrons. The van der Waals surface area contributed by atoms with Crippen LogP contribution in [0.3, 0.4) is 0 Å². The number of ether oxygens (including phenoxy) is 2. The van der Waals surface area contributed by atoms with Crippen molar-refractivity contribution in [2.75, 3.05) is 19.1 Å². The van der Waals surface area contributed by atoms with Gasteiger partial charge in [0.15, 0.2) is 0 Å². The van der Waals surface area contributed by atoms with Gasteiger partial charge in [-0.1, -0.05) is 15.9 Å². The second kappa shape index (κ2) is 7.63. The van der Waals surface area contributed by atoms with Crippen LogP contribution in [0.5, 0.6) is 11.5 Å². The van der Waals surface area contributed by atoms with Crippen LogP contribution in [0.2, 0.25) is 0 Å². The Kier molecular flexibility index (Phi) is 5.27. The first kappa shape index (κ1) is 18.7. The Morgan fingerprint density at radius 1 is 1.00 bits per heavy atom. The summed E-state index contributed by atoms with van der Waals surface area (Å²) in [5.74, 6) is -0.491. The smallest absolute Gasteiger partial charge is 0.335 e. The predicted molar refractivity (Wildman–Crippen MR) is 103 cm³/mol. The summed E-state index contributed by atoms with van der Waals surface area (Å²) in [6.45, 7) is 0. The second-order valence-corrected chi connectivity index (χ2v) is 6.46. The minimum atomic E-state index is -0.800. The van der Waals surface area contributed by atoms with E-state index in [1.807, 2.05) is 0 Å². The lowest BCUT2D eigenvalue weighted by Gasteiger charge is -2.26. The highest BCUT2D eigenvalue weighted by Gasteiger charge is 2.36. The minimum Gasteiger partial charge on any atom is -0.497 e. The third-order valence-corrected chi connectivity index (χ3v) is 4.46. The number of halogens is 1. The van der Waals surface area contributed by atoms with Gasteiger partial charge < -0.3 is 9.47 Å². The molecule has 1 N–H and O–H groups in total. The molecule has 1 aliphatic heterocycles. The topological polar surface area (TPSA) is 84.9 Å². The van der Waals surface area contributed by atoms with E-state index in [1.54, 1.807) is 42.5 Å². The molecule has 2 aromatic rings. The minimum absolute atomic E-state index is 0.180. The number of hydrogen-bond acceptors (Lipinski definition) is 5. The van der Waals surface area contributed by atoms with Crippen molar-refractivity contribution in [3.63, 3.8) is 0 Å². The van der Waals surface area contributed by atoms with Gasteiger partial charge in [-0.25, -0.2) is 9.69 Å². The number of urea groups is 1. The molecule has 27 heavy (non-hydrogen) atoms. The normalized spacial score (nSPS) is 15.7. The molecule has 0 aliphatic carbocycles. The summed E-state index contributed by atoms with van der Waals surface area (Å²) in [6.07, 6.45) is 1.38. The van der Waals surface area contributed by atoms with Crippen molar-refractivity contribution in [3.05, 3.63) is 58.1 Å². The molecule has 0 atom stereocenters. The van der Waals surface area contributed by atoms with Gasteiger partial charge in [-0.15, -0.1) is 0 Å². The summed E-state index contributed by atoms with van der Waals surface area (Å²) >= 11 is 3.30. The van der Waals surface area contributed by atoms with Crippen LogP contribution in [-0.4, -0.2) is 32.1 Å². The molecular weight excluding hydrogens is 416 g/mol. The van der Waals surface area contributed by atoms with Gasteiger partial charge in [-0.2, -0.15) is 0 Å². The fraction of sp³-hybridized carbons (Fsp3) is 0.105. The molecule has 7 nitrogen and oxygen atoms in total. The van der Waals surface area contributed by atoms with E-state index in [-0.39, 0.29) is 5.57 Å². The summed E-state index contributed by atoms with van der Waals surface area (Å²) in [6, 6.07) is 10.8. The number of hydrogen-bond donors (Lipinski definition) is 1. The summed E-state index contributed by atoms with van der Waals surface area (Å²) in [7, 11) is 2.99. The van der Waals surface area contributed by atoms with E-state index >= 15 is 0 Å². The van der Waals surface area contributed by atoms with Crippen LogP contribution in [-0.2, 0) is 9.59 Å². The Labute approximate surface area is 163 Å². The SMILES string of the molecule is COc1ccc(/C=C2/C(=O)NC(=O)N(c3ccc(Br)cc3)C2=O)c(OC)c1. The molecule has 1 aliphatic rings. The van der Waals surface area contributed by atoms with E-state index in [4.69, 9.17) is 9.47 Å². The molecule has 8 heteroatoms. The summed E-state index contributed by atoms with van der Waals surface area (Å²) < 4.78 is 11.2. The molecule has 1 fully saturated rings. The Morgan fingerprint density at radius 2 is 1.70 bits per heavy atom. The van der Waals surface area contributed by atoms with Gasteiger partial charge in [-0.05, 0) is 42.5 Å². The summed E-state index contributed by atoms with van der Waals surface area (Å²) in [4.78, 5) is 38.2. The molecule has 0 spiro atoms. The maximum Gasteiger partial charge on any atom is 0.335 e. The van der Waals surface area contributed by atoms with Crippen molar-refractivity contribution >= 4 is 45.5 Å². The summed E-state index contributed by atoms with van der Waals surface area (Å²) in [5.41, 5.74) is 0.670. The van der Waals surface area contributed by atoms with E-state index in [1.165, 1.54) is 20.3 Å². The van der Waals surface area contributed by atoms with Crippen molar-refractivity contribution < 1.29 is 23.9 Å². The van der Waals surface area contributed by atoms with Crippen molar-refractivity contribution in [1.29, 1.82) is 0 Å². The number of imide groups is 2. The Balaban J connectivity index is 2.03. The number of benzene rings is 2. The number of carbonyl (C=O) groups is 3. The van der Waals surface area contributed by atoms with E-state index < -0.39 is 17.8 Å². The van der Waals surface area contributed by atoms with Crippen LogP contribution >= 0.6 is 15.9 Å². The van der Waals surface area contributed by atoms with Crippen LogP contribution < -0.4 is 19.7 Å². The van der Waals surface area contributed by atoms with Crippen molar-refractivity contribution in [2.24, 2.45) is 0 Å². The Hall–Kier alpha value is -3.13. The molecular formula is C19H15BrN2O5. The lowest BCUT2D eigenvalue weighted by molar-refractivity contribution is -0.122. The van der Waals surface area contributed by atoms with E-state index in [0.29, 0.717) is 22.7 Å². The molecule has 0 radical (unpaired) electrons. The average molecular weight is 431 g/mol. The fourth-order valence-electron chi connectivity index (χ4n) is 2.58. The zero-order valence-corrected chi connectivity index (χ0v) is 16.1. The monoisotopic (exact) mass is 430 g/mol. The molecule has 3 rings (SSSR count). The number of carbonyl (C=O) groups excluding carboxylic acids is 3. The maximum atomic E-state index is 12.9. The zero-order valence-electron chi connectivity index (χ0n) is 14.5. The van der Waals surface area contributed by atoms with Crippen LogP contribution in [0, 0.1) is 0 Å². The highest BCUT2D eigenvalue weighted by Crippen LogP contribution is 2.28. The maximum absolute atomic E-state index is 12.9. The van der Waals surface area contributed by atoms with Gasteiger partial charge in [-0.3, -0.25) is 14.9 Å². The van der Waals surface area contributed by atoms with Crippen molar-refractivity contribution in [3.8, 4) is 11.5 Å². The Bertz CT molecular complexity index is 953. The number of amides is 4. The third-order valence-electron chi connectivity index (χ3n) is 3.93. The number of rotatable bonds is 4. The molecule has 1 saturated heterocycles. The first-order valence-electron chi connectivity index (χ1n) is 7.83. The molecule has 0 aromatic heterocycles. The van der Waals surface area contributed by atoms with Crippen LogP contribution in [0.15, 0.2) is 52.5 Å². The molecule has 0 bridgehead atoms. The highest BCUT2D eigenvalue weighted by atomic mass is 79.9. The van der Waals surface area contributed by atoms with Gasteiger partial charge in [0.2, 0.25) is 0 Å². The van der Waals surface area contributed by atoms with Crippen LogP contribution in [0.25, 0.3) is 6.08 Å². The predicted octanol–water partition coefficient (Wildman–Crippen LogP) is 3.13. The molecule has 4 amide bonds. The largest absolute Gasteiger partial charge is 0.497 e. The molecule has 0 unspecified atom stereocenters. The van der Waals surface area contributed by atoms with E-state index in [9.17, 15) is 14.4 Å². The van der Waals surface area contributed by atoms with Gasteiger partial charge in [0.25, 0.3) is 11.8 Å². The number of nitrogens with one attached hydrogen (secondary N) is 1. The number of methoxy groups -OCH3 is 2. The van der Waals surface area contributed by atoms with Crippen molar-refractivity contribution in [1.82, 2.24) is 5.32 Å². The number of anilines is 1. The van der Waals surface area contributed by atoms with E-state index in [0.717, 1.165) is 9.37 Å². The number of nitrogens with zero attached hydrogens (tertiary/aromatic N) is 1. The van der Waals surface area contributed by atoms with Gasteiger partial charge in [0.1, 0.15) is 17.1 Å². The standard InChI is InChI=1S/C19H15BrN2O5/c1-26-14-8-3-11(16(10-14)27-2)9-15-17(23)21-19(25)22(18(15)24)13-6-4-12(20)5-7-13/h3-10H,1-2H3,(H,21,23,25)/b15-9-. The van der Waals surface area contributed by atoms with Crippen molar-refractivity contribution in [2.45, 2.75) is 0 Å². The number of barbiturate groups is 1. The third kappa shape index (κ3) is 3.70. The van der Waals surface area contributed by atoms with Gasteiger partial charge in [0, 0.05) is 16.1 Å². The fourth-order valence-corrected chi connectivity index (χ4v) is 2.84. The molecule has 2 aromatic carbocycles. The van der Waals surface area contributed by atoms with Gasteiger partial charge in [0.05, 0.1) is 19.9 Å². The first-order valence-corrected chi connectivity index (χ1v) is 8.63. The first-order chi connectivity index (χ1) is 12.9.